The normalized spacial score (nSPS) is 16.3. The highest BCUT2D eigenvalue weighted by molar-refractivity contribution is 6.36. The van der Waals surface area contributed by atoms with Gasteiger partial charge in [0.25, 0.3) is 0 Å². The molecule has 206 valence electrons. The number of aliphatic hydroxyl groups is 1. The van der Waals surface area contributed by atoms with Gasteiger partial charge in [0.2, 0.25) is 5.88 Å². The summed E-state index contributed by atoms with van der Waals surface area (Å²) in [6.07, 6.45) is 9.21. The average Bonchev–Trinajstić information content (AvgIpc) is 3.67. The van der Waals surface area contributed by atoms with Gasteiger partial charge in [-0.25, -0.2) is 9.97 Å². The minimum absolute atomic E-state index is 0.401. The molecule has 5 aromatic rings. The molecule has 10 heteroatoms. The number of ether oxygens (including phenoxy) is 1. The predicted octanol–water partition coefficient (Wildman–Crippen LogP) is 5.60. The highest BCUT2D eigenvalue weighted by atomic mass is 35.5. The lowest BCUT2D eigenvalue weighted by Gasteiger charge is -2.32. The van der Waals surface area contributed by atoms with Crippen molar-refractivity contribution in [1.29, 1.82) is 0 Å². The number of pyridine rings is 1. The lowest BCUT2D eigenvalue weighted by Crippen LogP contribution is -2.34. The molecule has 1 aliphatic heterocycles. The molecule has 3 aromatic heterocycles. The van der Waals surface area contributed by atoms with Gasteiger partial charge in [-0.1, -0.05) is 41.4 Å². The van der Waals surface area contributed by atoms with E-state index in [1.165, 1.54) is 0 Å². The number of rotatable bonds is 7. The van der Waals surface area contributed by atoms with Crippen LogP contribution in [0.5, 0.6) is 5.88 Å². The van der Waals surface area contributed by atoms with E-state index in [2.05, 4.69) is 15.0 Å². The Labute approximate surface area is 242 Å². The third-order valence-corrected chi connectivity index (χ3v) is 8.56. The van der Waals surface area contributed by atoms with E-state index in [9.17, 15) is 5.11 Å². The summed E-state index contributed by atoms with van der Waals surface area (Å²) in [5, 5.41) is 18.7. The Morgan fingerprint density at radius 1 is 1.07 bits per heavy atom. The number of piperidine rings is 1. The lowest BCUT2D eigenvalue weighted by molar-refractivity contribution is 0.117. The van der Waals surface area contributed by atoms with Crippen molar-refractivity contribution in [3.05, 3.63) is 106 Å². The standard InChI is InChI=1S/C30H30Cl2N6O2/c1-36-19-33-17-27(36)30(39,20-4-7-22(31)8-5-20)21-6-9-26-24(16-21)28(32)25(29(35-26)40-2)18-37-14-10-23(11-15-37)38-13-3-12-34-38/h3-9,12-13,16-17,19,23,39H,10-11,14-15,18H2,1-2H3. The maximum absolute atomic E-state index is 12.4. The number of methoxy groups -OCH3 is 1. The monoisotopic (exact) mass is 576 g/mol. The Morgan fingerprint density at radius 2 is 1.82 bits per heavy atom. The van der Waals surface area contributed by atoms with E-state index in [0.29, 0.717) is 50.8 Å². The average molecular weight is 578 g/mol. The molecule has 2 aromatic carbocycles. The zero-order valence-electron chi connectivity index (χ0n) is 22.3. The summed E-state index contributed by atoms with van der Waals surface area (Å²) in [6.45, 7) is 2.45. The number of nitrogens with zero attached hydrogens (tertiary/aromatic N) is 6. The predicted molar refractivity (Wildman–Crippen MR) is 156 cm³/mol. The molecule has 6 rings (SSSR count). The molecule has 0 spiro atoms. The van der Waals surface area contributed by atoms with Gasteiger partial charge in [-0.05, 0) is 54.3 Å². The Morgan fingerprint density at radius 3 is 2.48 bits per heavy atom. The van der Waals surface area contributed by atoms with Crippen LogP contribution < -0.4 is 4.74 Å². The number of benzene rings is 2. The van der Waals surface area contributed by atoms with Gasteiger partial charge in [-0.3, -0.25) is 9.58 Å². The summed E-state index contributed by atoms with van der Waals surface area (Å²) in [6, 6.07) is 15.2. The van der Waals surface area contributed by atoms with Crippen LogP contribution >= 0.6 is 23.2 Å². The van der Waals surface area contributed by atoms with Crippen LogP contribution in [0, 0.1) is 0 Å². The Hall–Kier alpha value is -3.43. The molecule has 1 fully saturated rings. The Balaban J connectivity index is 1.39. The molecule has 8 nitrogen and oxygen atoms in total. The van der Waals surface area contributed by atoms with Crippen LogP contribution in [0.4, 0.5) is 0 Å². The molecular weight excluding hydrogens is 547 g/mol. The highest BCUT2D eigenvalue weighted by Crippen LogP contribution is 2.41. The van der Waals surface area contributed by atoms with Crippen molar-refractivity contribution >= 4 is 34.1 Å². The van der Waals surface area contributed by atoms with Crippen LogP contribution in [0.3, 0.4) is 0 Å². The van der Waals surface area contributed by atoms with E-state index in [4.69, 9.17) is 32.9 Å². The zero-order valence-corrected chi connectivity index (χ0v) is 23.8. The van der Waals surface area contributed by atoms with Crippen molar-refractivity contribution in [3.63, 3.8) is 0 Å². The summed E-state index contributed by atoms with van der Waals surface area (Å²) in [7, 11) is 3.48. The van der Waals surface area contributed by atoms with E-state index in [1.807, 2.05) is 65.1 Å². The Kier molecular flexibility index (Phi) is 7.27. The third kappa shape index (κ3) is 4.75. The van der Waals surface area contributed by atoms with Crippen molar-refractivity contribution in [3.8, 4) is 5.88 Å². The van der Waals surface area contributed by atoms with Gasteiger partial charge in [0.1, 0.15) is 0 Å². The fourth-order valence-electron chi connectivity index (χ4n) is 5.70. The number of hydrogen-bond acceptors (Lipinski definition) is 6. The van der Waals surface area contributed by atoms with Gasteiger partial charge in [0.15, 0.2) is 5.60 Å². The van der Waals surface area contributed by atoms with Gasteiger partial charge >= 0.3 is 0 Å². The second kappa shape index (κ2) is 10.9. The molecule has 0 radical (unpaired) electrons. The minimum Gasteiger partial charge on any atom is -0.481 e. The number of imidazole rings is 1. The van der Waals surface area contributed by atoms with Crippen molar-refractivity contribution in [2.75, 3.05) is 20.2 Å². The molecule has 1 atom stereocenters. The zero-order chi connectivity index (χ0) is 27.9. The maximum atomic E-state index is 12.4. The summed E-state index contributed by atoms with van der Waals surface area (Å²) in [5.74, 6) is 0.513. The van der Waals surface area contributed by atoms with Crippen LogP contribution in [0.1, 0.15) is 41.3 Å². The number of hydrogen-bond donors (Lipinski definition) is 1. The summed E-state index contributed by atoms with van der Waals surface area (Å²) >= 11 is 13.3. The van der Waals surface area contributed by atoms with E-state index in [-0.39, 0.29) is 0 Å². The van der Waals surface area contributed by atoms with Gasteiger partial charge in [0, 0.05) is 55.0 Å². The molecule has 1 unspecified atom stereocenters. The number of fused-ring (bicyclic) bond motifs is 1. The first kappa shape index (κ1) is 26.8. The van der Waals surface area contributed by atoms with Gasteiger partial charge in [-0.2, -0.15) is 5.10 Å². The number of aryl methyl sites for hydroxylation is 1. The topological polar surface area (TPSA) is 81.2 Å². The van der Waals surface area contributed by atoms with E-state index < -0.39 is 5.60 Å². The van der Waals surface area contributed by atoms with Crippen molar-refractivity contribution in [2.45, 2.75) is 31.0 Å². The summed E-state index contributed by atoms with van der Waals surface area (Å²) < 4.78 is 9.56. The second-order valence-corrected chi connectivity index (χ2v) is 11.1. The highest BCUT2D eigenvalue weighted by Gasteiger charge is 2.37. The van der Waals surface area contributed by atoms with E-state index in [1.54, 1.807) is 31.8 Å². The first-order chi connectivity index (χ1) is 19.4. The molecule has 0 amide bonds. The van der Waals surface area contributed by atoms with Gasteiger partial charge in [-0.15, -0.1) is 0 Å². The Bertz CT molecular complexity index is 1630. The largest absolute Gasteiger partial charge is 0.481 e. The van der Waals surface area contributed by atoms with Crippen molar-refractivity contribution in [1.82, 2.24) is 29.2 Å². The van der Waals surface area contributed by atoms with Crippen LogP contribution in [-0.4, -0.2) is 54.5 Å². The summed E-state index contributed by atoms with van der Waals surface area (Å²) in [4.78, 5) is 11.4. The van der Waals surface area contributed by atoms with Crippen LogP contribution in [-0.2, 0) is 19.2 Å². The molecule has 0 bridgehead atoms. The van der Waals surface area contributed by atoms with Crippen LogP contribution in [0.15, 0.2) is 73.4 Å². The lowest BCUT2D eigenvalue weighted by atomic mass is 9.83. The molecule has 1 aliphatic rings. The molecule has 4 heterocycles. The van der Waals surface area contributed by atoms with Crippen LogP contribution in [0.2, 0.25) is 10.0 Å². The molecular formula is C30H30Cl2N6O2. The van der Waals surface area contributed by atoms with Crippen LogP contribution in [0.25, 0.3) is 10.9 Å². The molecule has 40 heavy (non-hydrogen) atoms. The molecule has 1 saturated heterocycles. The summed E-state index contributed by atoms with van der Waals surface area (Å²) in [5.41, 5.74) is 1.95. The first-order valence-electron chi connectivity index (χ1n) is 13.2. The number of likely N-dealkylation sites (tertiary alicyclic amines) is 1. The molecule has 0 aliphatic carbocycles. The van der Waals surface area contributed by atoms with Crippen molar-refractivity contribution in [2.24, 2.45) is 7.05 Å². The van der Waals surface area contributed by atoms with Gasteiger partial charge in [0.05, 0.1) is 41.9 Å². The van der Waals surface area contributed by atoms with E-state index in [0.717, 1.165) is 36.9 Å². The molecule has 0 saturated carbocycles. The fourth-order valence-corrected chi connectivity index (χ4v) is 6.11. The second-order valence-electron chi connectivity index (χ2n) is 10.2. The van der Waals surface area contributed by atoms with Crippen molar-refractivity contribution < 1.29 is 9.84 Å². The number of halogens is 2. The molecule has 1 N–H and O–H groups in total. The number of aromatic nitrogens is 5. The minimum atomic E-state index is -1.50. The quantitative estimate of drug-likeness (QED) is 0.271. The van der Waals surface area contributed by atoms with Gasteiger partial charge < -0.3 is 14.4 Å². The fraction of sp³-hybridized carbons (Fsp3) is 0.300. The maximum Gasteiger partial charge on any atom is 0.219 e. The third-order valence-electron chi connectivity index (χ3n) is 7.88. The SMILES string of the molecule is COc1nc2ccc(C(O)(c3ccc(Cl)cc3)c3cncn3C)cc2c(Cl)c1CN1CCC(n2cccn2)CC1. The smallest absolute Gasteiger partial charge is 0.219 e. The first-order valence-corrected chi connectivity index (χ1v) is 14.0. The van der Waals surface area contributed by atoms with E-state index >= 15 is 0 Å².